The molecule has 440 valence electrons. The van der Waals surface area contributed by atoms with Crippen LogP contribution in [0.2, 0.25) is 50.4 Å². The minimum atomic E-state index is -1.84. The number of benzene rings is 2. The molecule has 3 N–H and O–H groups in total. The molecule has 19 nitrogen and oxygen atoms in total. The van der Waals surface area contributed by atoms with Crippen molar-refractivity contribution in [3.63, 3.8) is 0 Å². The summed E-state index contributed by atoms with van der Waals surface area (Å²) in [4.78, 5) is 102. The van der Waals surface area contributed by atoms with Crippen LogP contribution < -0.4 is 21.8 Å². The third-order valence-electron chi connectivity index (χ3n) is 17.2. The van der Waals surface area contributed by atoms with Crippen LogP contribution in [0.15, 0.2) is 70.3 Å². The molecule has 2 aromatic carbocycles. The fraction of sp³-hybridized carbons (Fsp3) is 0.468. The monoisotopic (exact) mass is 1170 g/mol. The van der Waals surface area contributed by atoms with E-state index in [4.69, 9.17) is 24.2 Å². The third-order valence-corrected chi connectivity index (χ3v) is 23.9. The maximum atomic E-state index is 13.9. The van der Waals surface area contributed by atoms with Crippen molar-refractivity contribution in [3.05, 3.63) is 126 Å². The number of hydrogen-bond donors (Lipinski definition) is 3. The Morgan fingerprint density at radius 2 is 1.07 bits per heavy atom. The van der Waals surface area contributed by atoms with Gasteiger partial charge in [0.25, 0.3) is 11.1 Å². The van der Waals surface area contributed by atoms with Crippen LogP contribution in [0, 0.1) is 0 Å². The number of para-hydroxylation sites is 2. The van der Waals surface area contributed by atoms with Crippen LogP contribution in [0.4, 0.5) is 9.59 Å². The number of nitrogens with zero attached hydrogens (tertiary/aromatic N) is 6. The average Bonchev–Trinajstić information content (AvgIpc) is 2.07. The van der Waals surface area contributed by atoms with Gasteiger partial charge >= 0.3 is 30.0 Å². The fourth-order valence-corrected chi connectivity index (χ4v) is 16.8. The molecule has 10 rings (SSSR count). The molecule has 0 saturated heterocycles. The van der Waals surface area contributed by atoms with E-state index in [9.17, 15) is 38.7 Å². The van der Waals surface area contributed by atoms with Crippen LogP contribution in [0.25, 0.3) is 44.6 Å². The Kier molecular flexibility index (Phi) is 17.1. The number of carbonyl (C=O) groups is 5. The molecule has 0 spiro atoms. The predicted molar refractivity (Wildman–Crippen MR) is 324 cm³/mol. The molecule has 0 fully saturated rings. The van der Waals surface area contributed by atoms with Crippen LogP contribution in [-0.4, -0.2) is 121 Å². The normalized spacial score (nSPS) is 17.4. The van der Waals surface area contributed by atoms with Gasteiger partial charge in [-0.25, -0.2) is 29.1 Å². The molecule has 0 saturated carbocycles. The minimum absolute atomic E-state index is 0.0666. The Balaban J connectivity index is 0.000000200. The van der Waals surface area contributed by atoms with E-state index in [0.717, 1.165) is 94.2 Å². The second kappa shape index (κ2) is 23.6. The molecule has 0 unspecified atom stereocenters. The molecule has 4 amide bonds. The lowest BCUT2D eigenvalue weighted by atomic mass is 9.85. The van der Waals surface area contributed by atoms with E-state index in [-0.39, 0.29) is 49.2 Å². The van der Waals surface area contributed by atoms with Crippen molar-refractivity contribution >= 4 is 67.9 Å². The van der Waals surface area contributed by atoms with Gasteiger partial charge in [-0.3, -0.25) is 14.4 Å². The van der Waals surface area contributed by atoms with Gasteiger partial charge in [0.2, 0.25) is 5.60 Å². The van der Waals surface area contributed by atoms with Gasteiger partial charge < -0.3 is 48.9 Å². The molecule has 8 heterocycles. The summed E-state index contributed by atoms with van der Waals surface area (Å²) in [6.07, 6.45) is 3.86. The van der Waals surface area contributed by atoms with Gasteiger partial charge in [0.05, 0.1) is 58.0 Å². The third kappa shape index (κ3) is 11.6. The fourth-order valence-electron chi connectivity index (χ4n) is 12.2. The quantitative estimate of drug-likeness (QED) is 0.0336. The molecule has 4 aliphatic rings. The van der Waals surface area contributed by atoms with Crippen molar-refractivity contribution in [2.75, 3.05) is 41.3 Å². The molecular weight excluding hydrogens is 1090 g/mol. The molecule has 4 aliphatic heterocycles. The summed E-state index contributed by atoms with van der Waals surface area (Å²) in [6, 6.07) is 23.9. The molecule has 83 heavy (non-hydrogen) atoms. The molecule has 2 atom stereocenters. The molecule has 0 radical (unpaired) electrons. The molecule has 6 aromatic rings. The van der Waals surface area contributed by atoms with Gasteiger partial charge in [-0.1, -0.05) is 101 Å². The maximum Gasteiger partial charge on any atom is 0.355 e. The van der Waals surface area contributed by atoms with Crippen molar-refractivity contribution in [2.45, 2.75) is 147 Å². The summed E-state index contributed by atoms with van der Waals surface area (Å²) in [5, 5.41) is 19.3. The molecule has 0 aliphatic carbocycles. The Bertz CT molecular complexity index is 3720. The van der Waals surface area contributed by atoms with E-state index >= 15 is 0 Å². The zero-order chi connectivity index (χ0) is 59.9. The van der Waals surface area contributed by atoms with Gasteiger partial charge in [0, 0.05) is 97.4 Å². The summed E-state index contributed by atoms with van der Waals surface area (Å²) >= 11 is 0. The maximum absolute atomic E-state index is 13.9. The smallest absolute Gasteiger partial charge is 0.355 e. The number of rotatable bonds is 17. The number of aryl methyl sites for hydroxylation is 2. The first-order valence-corrected chi connectivity index (χ1v) is 35.7. The first kappa shape index (κ1) is 60.1. The number of esters is 3. The zero-order valence-electron chi connectivity index (χ0n) is 49.8. The van der Waals surface area contributed by atoms with E-state index in [1.807, 2.05) is 42.5 Å². The second-order valence-corrected chi connectivity index (χ2v) is 35.1. The van der Waals surface area contributed by atoms with Crippen LogP contribution in [0.5, 0.6) is 0 Å². The largest absolute Gasteiger partial charge is 0.458 e. The SMILES string of the molecule is CC[C@@]1(O)C(=O)OCc2c1cc1n(c2=O)Cc2c-1nc1ccccc1c2CC[Si](C)(C)CCCNC(=O)N(C)C.CC[C@@]1(OC(C)=O)C(=O)OCc2c1cc1n(c2=O)Cc2c-1nc1ccccc1c2CC[Si](C)(C)CCCNC(=O)N(C)C. The number of carbonyl (C=O) groups excluding carboxylic acids is 5. The summed E-state index contributed by atoms with van der Waals surface area (Å²) in [6.45, 7) is 16.0. The average molecular weight is 1170 g/mol. The van der Waals surface area contributed by atoms with Crippen molar-refractivity contribution in [3.8, 4) is 22.8 Å². The topological polar surface area (TPSA) is 234 Å². The van der Waals surface area contributed by atoms with Gasteiger partial charge in [0.1, 0.15) is 13.2 Å². The Labute approximate surface area is 485 Å². The standard InChI is InChI=1S/C32H40N4O6Si.C30H38N4O5Si/c1-7-32(42-20(2)37)25-17-27-28-23(18-36(27)29(38)24(25)19-41-30(32)39)21(22-11-8-9-12-26(22)34-28)13-16-43(5,6)15-10-14-33-31(40)35(3)4;1-6-30(38)23-16-25-26-21(17-34(25)27(35)22(23)18-39-28(30)36)19(20-10-7-8-11-24(20)32-26)12-15-40(4,5)14-9-13-31-29(37)33(2)3/h8-9,11-12,17H,7,10,13-16,18-19H2,1-6H3,(H,33,40);7-8,10-11,16,38H,6,9,12-15,17-18H2,1-5H3,(H,31,37)/t32-;30-/m00/s1. The van der Waals surface area contributed by atoms with Gasteiger partial charge in [0.15, 0.2) is 5.60 Å². The summed E-state index contributed by atoms with van der Waals surface area (Å²) in [7, 11) is 3.74. The highest BCUT2D eigenvalue weighted by Gasteiger charge is 2.50. The molecule has 4 aromatic heterocycles. The van der Waals surface area contributed by atoms with E-state index in [0.29, 0.717) is 59.8 Å². The van der Waals surface area contributed by atoms with Crippen molar-refractivity contribution < 1.29 is 43.3 Å². The Morgan fingerprint density at radius 3 is 1.51 bits per heavy atom. The van der Waals surface area contributed by atoms with Crippen molar-refractivity contribution in [1.29, 1.82) is 0 Å². The summed E-state index contributed by atoms with van der Waals surface area (Å²) < 4.78 is 19.6. The summed E-state index contributed by atoms with van der Waals surface area (Å²) in [5.74, 6) is -2.00. The van der Waals surface area contributed by atoms with E-state index in [2.05, 4.69) is 49.0 Å². The van der Waals surface area contributed by atoms with Crippen LogP contribution in [0.1, 0.15) is 91.0 Å². The number of aromatic nitrogens is 4. The van der Waals surface area contributed by atoms with Crippen LogP contribution in [0.3, 0.4) is 0 Å². The number of amides is 4. The Morgan fingerprint density at radius 1 is 0.639 bits per heavy atom. The number of fused-ring (bicyclic) bond motifs is 10. The van der Waals surface area contributed by atoms with Gasteiger partial charge in [-0.15, -0.1) is 0 Å². The lowest BCUT2D eigenvalue weighted by Crippen LogP contribution is -2.47. The number of cyclic esters (lactones) is 2. The van der Waals surface area contributed by atoms with E-state index in [1.54, 1.807) is 67.0 Å². The number of ether oxygens (including phenoxy) is 3. The van der Waals surface area contributed by atoms with Crippen LogP contribution >= 0.6 is 0 Å². The molecular formula is C62H78N8O11Si2. The van der Waals surface area contributed by atoms with E-state index in [1.165, 1.54) is 18.1 Å². The lowest BCUT2D eigenvalue weighted by molar-refractivity contribution is -0.188. The van der Waals surface area contributed by atoms with E-state index < -0.39 is 45.3 Å². The molecule has 0 bridgehead atoms. The number of hydrogen-bond acceptors (Lipinski definition) is 13. The number of aliphatic hydroxyl groups is 1. The second-order valence-electron chi connectivity index (χ2n) is 24.4. The summed E-state index contributed by atoms with van der Waals surface area (Å²) in [5.41, 5.74) is 6.29. The first-order valence-electron chi connectivity index (χ1n) is 28.9. The highest BCUT2D eigenvalue weighted by molar-refractivity contribution is 6.77. The van der Waals surface area contributed by atoms with Crippen LogP contribution in [-0.2, 0) is 78.9 Å². The highest BCUT2D eigenvalue weighted by atomic mass is 28.3. The van der Waals surface area contributed by atoms with Crippen molar-refractivity contribution in [2.24, 2.45) is 0 Å². The van der Waals surface area contributed by atoms with Gasteiger partial charge in [-0.05, 0) is 73.9 Å². The predicted octanol–water partition coefficient (Wildman–Crippen LogP) is 8.55. The minimum Gasteiger partial charge on any atom is -0.458 e. The Hall–Kier alpha value is -7.50. The first-order chi connectivity index (χ1) is 39.3. The number of nitrogens with one attached hydrogen (secondary N) is 2. The van der Waals surface area contributed by atoms with Crippen molar-refractivity contribution in [1.82, 2.24) is 39.5 Å². The number of pyridine rings is 4. The zero-order valence-corrected chi connectivity index (χ0v) is 51.8. The lowest BCUT2D eigenvalue weighted by Gasteiger charge is -2.35. The highest BCUT2D eigenvalue weighted by Crippen LogP contribution is 2.44. The number of urea groups is 2. The molecule has 21 heteroatoms. The van der Waals surface area contributed by atoms with Gasteiger partial charge in [-0.2, -0.15) is 0 Å².